The number of nitrogens with two attached hydrogens (primary N) is 1. The maximum Gasteiger partial charge on any atom is 0.157 e. The first kappa shape index (κ1) is 9.52. The van der Waals surface area contributed by atoms with Crippen LogP contribution in [0.4, 0.5) is 5.69 Å². The van der Waals surface area contributed by atoms with E-state index in [-0.39, 0.29) is 0 Å². The molecule has 0 unspecified atom stereocenters. The predicted octanol–water partition coefficient (Wildman–Crippen LogP) is 0.899. The standard InChI is InChI=1S/C10H8N6O/c11-7-1-3-12-10(5-7)16-6-9(13-15-16)8-2-4-17-14-8/h1-6H,(H2,11,12). The van der Waals surface area contributed by atoms with Gasteiger partial charge in [-0.2, -0.15) is 0 Å². The Morgan fingerprint density at radius 1 is 1.24 bits per heavy atom. The Labute approximate surface area is 95.9 Å². The number of pyridine rings is 1. The molecule has 0 atom stereocenters. The Kier molecular flexibility index (Phi) is 2.08. The highest BCUT2D eigenvalue weighted by Gasteiger charge is 2.08. The minimum atomic E-state index is 0.604. The number of nitrogens with zero attached hydrogens (tertiary/aromatic N) is 5. The highest BCUT2D eigenvalue weighted by atomic mass is 16.5. The van der Waals surface area contributed by atoms with E-state index in [0.29, 0.717) is 22.9 Å². The van der Waals surface area contributed by atoms with Gasteiger partial charge in [0.2, 0.25) is 0 Å². The number of nitrogen functional groups attached to an aromatic ring is 1. The molecular weight excluding hydrogens is 220 g/mol. The van der Waals surface area contributed by atoms with Crippen molar-refractivity contribution in [2.45, 2.75) is 0 Å². The average molecular weight is 228 g/mol. The molecule has 0 radical (unpaired) electrons. The molecule has 0 bridgehead atoms. The van der Waals surface area contributed by atoms with Crippen molar-refractivity contribution in [2.75, 3.05) is 5.73 Å². The average Bonchev–Trinajstić information content (AvgIpc) is 3.00. The summed E-state index contributed by atoms with van der Waals surface area (Å²) in [5.74, 6) is 0.604. The van der Waals surface area contributed by atoms with E-state index in [9.17, 15) is 0 Å². The fourth-order valence-electron chi connectivity index (χ4n) is 1.40. The van der Waals surface area contributed by atoms with Gasteiger partial charge in [-0.3, -0.25) is 0 Å². The molecule has 3 rings (SSSR count). The molecule has 3 aromatic heterocycles. The first-order valence-electron chi connectivity index (χ1n) is 4.88. The number of anilines is 1. The Bertz CT molecular complexity index is 630. The van der Waals surface area contributed by atoms with Crippen LogP contribution < -0.4 is 5.73 Å². The highest BCUT2D eigenvalue weighted by molar-refractivity contribution is 5.51. The van der Waals surface area contributed by atoms with E-state index in [1.165, 1.54) is 10.9 Å². The van der Waals surface area contributed by atoms with Gasteiger partial charge in [-0.1, -0.05) is 10.4 Å². The smallest absolute Gasteiger partial charge is 0.157 e. The van der Waals surface area contributed by atoms with Crippen LogP contribution in [0.25, 0.3) is 17.2 Å². The molecule has 0 amide bonds. The monoisotopic (exact) mass is 228 g/mol. The van der Waals surface area contributed by atoms with E-state index in [4.69, 9.17) is 10.3 Å². The molecule has 2 N–H and O–H groups in total. The van der Waals surface area contributed by atoms with Crippen molar-refractivity contribution in [1.29, 1.82) is 0 Å². The molecular formula is C10H8N6O. The fourth-order valence-corrected chi connectivity index (χ4v) is 1.40. The Balaban J connectivity index is 2.01. The summed E-state index contributed by atoms with van der Waals surface area (Å²) in [5.41, 5.74) is 7.53. The molecule has 0 aromatic carbocycles. The van der Waals surface area contributed by atoms with Crippen LogP contribution >= 0.6 is 0 Å². The second kappa shape index (κ2) is 3.71. The Hall–Kier alpha value is -2.70. The zero-order chi connectivity index (χ0) is 11.7. The molecule has 0 fully saturated rings. The predicted molar refractivity (Wildman–Crippen MR) is 59.1 cm³/mol. The second-order valence-corrected chi connectivity index (χ2v) is 3.38. The van der Waals surface area contributed by atoms with Crippen molar-refractivity contribution in [2.24, 2.45) is 0 Å². The van der Waals surface area contributed by atoms with Gasteiger partial charge in [0.1, 0.15) is 17.7 Å². The molecule has 7 heteroatoms. The van der Waals surface area contributed by atoms with Crippen LogP contribution in [-0.2, 0) is 0 Å². The quantitative estimate of drug-likeness (QED) is 0.700. The molecule has 0 aliphatic heterocycles. The lowest BCUT2D eigenvalue weighted by Crippen LogP contribution is -1.99. The summed E-state index contributed by atoms with van der Waals surface area (Å²) in [5, 5.41) is 11.7. The van der Waals surface area contributed by atoms with Crippen LogP contribution in [0.15, 0.2) is 41.4 Å². The van der Waals surface area contributed by atoms with E-state index < -0.39 is 0 Å². The molecule has 0 saturated carbocycles. The largest absolute Gasteiger partial charge is 0.399 e. The van der Waals surface area contributed by atoms with Crippen LogP contribution in [0.2, 0.25) is 0 Å². The molecule has 0 aliphatic carbocycles. The number of hydrogen-bond acceptors (Lipinski definition) is 6. The van der Waals surface area contributed by atoms with Crippen LogP contribution in [0.1, 0.15) is 0 Å². The van der Waals surface area contributed by atoms with Gasteiger partial charge in [-0.15, -0.1) is 5.10 Å². The number of hydrogen-bond donors (Lipinski definition) is 1. The fraction of sp³-hybridized carbons (Fsp3) is 0. The topological polar surface area (TPSA) is 95.7 Å². The Morgan fingerprint density at radius 3 is 2.94 bits per heavy atom. The van der Waals surface area contributed by atoms with Gasteiger partial charge < -0.3 is 10.3 Å². The molecule has 0 spiro atoms. The van der Waals surface area contributed by atoms with Crippen molar-refractivity contribution < 1.29 is 4.52 Å². The van der Waals surface area contributed by atoms with Gasteiger partial charge in [0, 0.05) is 24.0 Å². The number of aromatic nitrogens is 5. The summed E-state index contributed by atoms with van der Waals surface area (Å²) >= 11 is 0. The molecule has 17 heavy (non-hydrogen) atoms. The van der Waals surface area contributed by atoms with Gasteiger partial charge in [-0.05, 0) is 6.07 Å². The third-order valence-electron chi connectivity index (χ3n) is 2.20. The number of rotatable bonds is 2. The van der Waals surface area contributed by atoms with Gasteiger partial charge in [0.25, 0.3) is 0 Å². The second-order valence-electron chi connectivity index (χ2n) is 3.38. The van der Waals surface area contributed by atoms with Gasteiger partial charge in [-0.25, -0.2) is 9.67 Å². The molecule has 0 saturated heterocycles. The third-order valence-corrected chi connectivity index (χ3v) is 2.20. The SMILES string of the molecule is Nc1ccnc(-n2cc(-c3ccon3)nn2)c1. The molecule has 84 valence electrons. The maximum atomic E-state index is 5.67. The third kappa shape index (κ3) is 1.73. The minimum absolute atomic E-state index is 0.604. The summed E-state index contributed by atoms with van der Waals surface area (Å²) in [6, 6.07) is 5.13. The van der Waals surface area contributed by atoms with E-state index >= 15 is 0 Å². The maximum absolute atomic E-state index is 5.67. The molecule has 7 nitrogen and oxygen atoms in total. The van der Waals surface area contributed by atoms with Crippen LogP contribution in [0.3, 0.4) is 0 Å². The molecule has 3 aromatic rings. The molecule has 0 aliphatic rings. The van der Waals surface area contributed by atoms with Gasteiger partial charge in [0.15, 0.2) is 5.82 Å². The van der Waals surface area contributed by atoms with Crippen molar-refractivity contribution in [3.63, 3.8) is 0 Å². The van der Waals surface area contributed by atoms with Crippen molar-refractivity contribution in [3.8, 4) is 17.2 Å². The lowest BCUT2D eigenvalue weighted by atomic mass is 10.3. The highest BCUT2D eigenvalue weighted by Crippen LogP contribution is 2.15. The van der Waals surface area contributed by atoms with Gasteiger partial charge in [0.05, 0.1) is 6.20 Å². The zero-order valence-electron chi connectivity index (χ0n) is 8.69. The van der Waals surface area contributed by atoms with Crippen LogP contribution in [0, 0.1) is 0 Å². The summed E-state index contributed by atoms with van der Waals surface area (Å²) in [6.07, 6.45) is 4.80. The van der Waals surface area contributed by atoms with Crippen molar-refractivity contribution in [1.82, 2.24) is 25.1 Å². The van der Waals surface area contributed by atoms with E-state index in [2.05, 4.69) is 20.5 Å². The zero-order valence-corrected chi connectivity index (χ0v) is 8.69. The van der Waals surface area contributed by atoms with Crippen LogP contribution in [-0.4, -0.2) is 25.1 Å². The van der Waals surface area contributed by atoms with Crippen LogP contribution in [0.5, 0.6) is 0 Å². The summed E-state index contributed by atoms with van der Waals surface area (Å²) in [4.78, 5) is 4.14. The first-order chi connectivity index (χ1) is 8.33. The van der Waals surface area contributed by atoms with E-state index in [1.54, 1.807) is 30.6 Å². The summed E-state index contributed by atoms with van der Waals surface area (Å²) in [7, 11) is 0. The first-order valence-corrected chi connectivity index (χ1v) is 4.88. The minimum Gasteiger partial charge on any atom is -0.399 e. The van der Waals surface area contributed by atoms with Crippen molar-refractivity contribution in [3.05, 3.63) is 36.9 Å². The summed E-state index contributed by atoms with van der Waals surface area (Å²) < 4.78 is 6.27. The lowest BCUT2D eigenvalue weighted by molar-refractivity contribution is 0.422. The van der Waals surface area contributed by atoms with E-state index in [1.807, 2.05) is 0 Å². The van der Waals surface area contributed by atoms with Crippen molar-refractivity contribution >= 4 is 5.69 Å². The van der Waals surface area contributed by atoms with E-state index in [0.717, 1.165) is 0 Å². The Morgan fingerprint density at radius 2 is 2.18 bits per heavy atom. The normalized spacial score (nSPS) is 10.6. The van der Waals surface area contributed by atoms with Gasteiger partial charge >= 0.3 is 0 Å². The summed E-state index contributed by atoms with van der Waals surface area (Å²) in [6.45, 7) is 0. The lowest BCUT2D eigenvalue weighted by Gasteiger charge is -1.98. The molecule has 3 heterocycles.